The van der Waals surface area contributed by atoms with Crippen LogP contribution in [-0.4, -0.2) is 47.8 Å². The molecule has 0 unspecified atom stereocenters. The lowest BCUT2D eigenvalue weighted by Crippen LogP contribution is -2.15. The van der Waals surface area contributed by atoms with E-state index in [4.69, 9.17) is 37.9 Å². The molecule has 0 saturated carbocycles. The third kappa shape index (κ3) is 19.1. The van der Waals surface area contributed by atoms with Crippen LogP contribution in [0.2, 0.25) is 0 Å². The van der Waals surface area contributed by atoms with Gasteiger partial charge in [0.05, 0.1) is 0 Å². The van der Waals surface area contributed by atoms with E-state index in [1.807, 2.05) is 72.8 Å². The van der Waals surface area contributed by atoms with Gasteiger partial charge in [0.1, 0.15) is 46.0 Å². The molecule has 0 N–H and O–H groups in total. The molecule has 0 aliphatic heterocycles. The highest BCUT2D eigenvalue weighted by atomic mass is 16.6. The molecule has 16 nitrogen and oxygen atoms in total. The van der Waals surface area contributed by atoms with Crippen LogP contribution < -0.4 is 37.9 Å². The van der Waals surface area contributed by atoms with Crippen molar-refractivity contribution in [1.82, 2.24) is 0 Å². The second kappa shape index (κ2) is 34.4. The Morgan fingerprint density at radius 3 is 0.518 bits per heavy atom. The second-order valence-corrected chi connectivity index (χ2v) is 26.6. The summed E-state index contributed by atoms with van der Waals surface area (Å²) in [7, 11) is 0. The predicted molar refractivity (Wildman–Crippen MR) is 425 cm³/mol. The van der Waals surface area contributed by atoms with Crippen LogP contribution in [0.15, 0.2) is 316 Å². The van der Waals surface area contributed by atoms with Crippen molar-refractivity contribution in [3.8, 4) is 102 Å². The lowest BCUT2D eigenvalue weighted by atomic mass is 9.81. The molecular weight excluding hydrogens is 1390 g/mol. The average Bonchev–Trinajstić information content (AvgIpc) is 0.742. The summed E-state index contributed by atoms with van der Waals surface area (Å²) in [6.07, 6.45) is 0. The summed E-state index contributed by atoms with van der Waals surface area (Å²) in [5, 5.41) is 0. The maximum atomic E-state index is 13.8. The number of ether oxygens (including phenoxy) is 8. The number of carbonyl (C=O) groups is 8. The highest BCUT2D eigenvalue weighted by Crippen LogP contribution is 2.48. The van der Waals surface area contributed by atoms with E-state index < -0.39 is 59.6 Å². The molecule has 0 atom stereocenters. The summed E-state index contributed by atoms with van der Waals surface area (Å²) >= 11 is 0. The monoisotopic (exact) mass is 1460 g/mol. The van der Waals surface area contributed by atoms with Gasteiger partial charge >= 0.3 is 47.8 Å². The van der Waals surface area contributed by atoms with Crippen LogP contribution in [0.5, 0.6) is 46.0 Å². The third-order valence-corrected chi connectivity index (χ3v) is 17.3. The van der Waals surface area contributed by atoms with Crippen molar-refractivity contribution in [1.29, 1.82) is 0 Å². The highest BCUT2D eigenvalue weighted by molar-refractivity contribution is 5.94. The zero-order chi connectivity index (χ0) is 79.4. The molecule has 0 aromatic heterocycles. The van der Waals surface area contributed by atoms with E-state index in [0.29, 0.717) is 77.9 Å². The van der Waals surface area contributed by atoms with Gasteiger partial charge in [-0.05, 0) is 219 Å². The van der Waals surface area contributed by atoms with Crippen LogP contribution in [0.4, 0.5) is 0 Å². The topological polar surface area (TPSA) is 210 Å². The first kappa shape index (κ1) is 78.5. The summed E-state index contributed by atoms with van der Waals surface area (Å²) in [6.45, 7) is 42.7. The molecule has 0 aliphatic carbocycles. The molecule has 550 valence electrons. The molecule has 110 heavy (non-hydrogen) atoms. The summed E-state index contributed by atoms with van der Waals surface area (Å²) in [6, 6.07) is 64.0. The molecule has 0 aliphatic rings. The minimum Gasteiger partial charge on any atom is -0.423 e. The molecule has 0 fully saturated rings. The summed E-state index contributed by atoms with van der Waals surface area (Å²) in [4.78, 5) is 106. The van der Waals surface area contributed by atoms with Crippen molar-refractivity contribution in [3.05, 3.63) is 349 Å². The second-order valence-electron chi connectivity index (χ2n) is 26.6. The van der Waals surface area contributed by atoms with Crippen LogP contribution in [0.1, 0.15) is 101 Å². The van der Waals surface area contributed by atoms with E-state index in [0.717, 1.165) is 11.1 Å². The van der Waals surface area contributed by atoms with Crippen LogP contribution in [0.25, 0.3) is 55.6 Å². The van der Waals surface area contributed by atoms with Crippen molar-refractivity contribution in [2.75, 3.05) is 0 Å². The smallest absolute Gasteiger partial charge is 0.338 e. The van der Waals surface area contributed by atoms with Crippen LogP contribution >= 0.6 is 0 Å². The van der Waals surface area contributed by atoms with Gasteiger partial charge in [-0.2, -0.15) is 0 Å². The fourth-order valence-electron chi connectivity index (χ4n) is 11.4. The normalized spacial score (nSPS) is 10.7. The number of hydrogen-bond acceptors (Lipinski definition) is 16. The molecule has 0 bridgehead atoms. The Balaban J connectivity index is 1.17. The number of esters is 8. The SMILES string of the molecule is C=C(C)C(=O)Oc1ccc(-c2ccc(OC(=O)C(=C)C)c(C(c3ccc(-c4ccc(C(c5cc(-c6ccc(OC(=O)C(=C)C)cc6)ccc5OC(=O)C(=C)C)c5cc(-c6ccc(OC(=O)C(=C)C)cc6)ccc5OC(=O)C(=C)C)cc4)cc3)c3cc(-c4ccc(OC(=O)C(=C)C)cc4)ccc3OC(=O)C(=C)C)c2)cc1. The van der Waals surface area contributed by atoms with E-state index >= 15 is 0 Å². The molecule has 0 spiro atoms. The Hall–Kier alpha value is -14.1. The van der Waals surface area contributed by atoms with Crippen LogP contribution in [0, 0.1) is 0 Å². The molecule has 16 heteroatoms. The minimum atomic E-state index is -0.929. The maximum absolute atomic E-state index is 13.8. The zero-order valence-corrected chi connectivity index (χ0v) is 62.1. The van der Waals surface area contributed by atoms with Gasteiger partial charge in [0.2, 0.25) is 0 Å². The van der Waals surface area contributed by atoms with Gasteiger partial charge < -0.3 is 37.9 Å². The number of hydrogen-bond donors (Lipinski definition) is 0. The van der Waals surface area contributed by atoms with E-state index in [-0.39, 0.29) is 90.6 Å². The van der Waals surface area contributed by atoms with Crippen molar-refractivity contribution >= 4 is 47.8 Å². The van der Waals surface area contributed by atoms with Crippen LogP contribution in [-0.2, 0) is 38.4 Å². The third-order valence-electron chi connectivity index (χ3n) is 17.3. The Bertz CT molecular complexity index is 4810. The Morgan fingerprint density at radius 1 is 0.200 bits per heavy atom. The van der Waals surface area contributed by atoms with Crippen molar-refractivity contribution in [2.45, 2.75) is 67.2 Å². The summed E-state index contributed by atoms with van der Waals surface area (Å²) < 4.78 is 47.1. The van der Waals surface area contributed by atoms with E-state index in [1.165, 1.54) is 27.7 Å². The molecule has 10 rings (SSSR count). The van der Waals surface area contributed by atoms with Gasteiger partial charge in [0.15, 0.2) is 0 Å². The molecule has 0 saturated heterocycles. The van der Waals surface area contributed by atoms with Crippen molar-refractivity contribution in [3.63, 3.8) is 0 Å². The standard InChI is InChI=1S/C94H78O16/c1-53(2)87(95)103-73-37-25-63(26-38-73)69-33-45-81(107-91(99)57(9)10)77(49-69)85(78-50-70(34-46-82(78)108-92(100)58(11)12)64-27-39-74(40-28-64)104-88(96)54(3)4)67-21-17-61(18-22-67)62-19-23-68(24-20-62)86(79-51-71(35-47-83(79)109-93(101)59(13)14)65-29-41-75(42-30-65)105-89(97)55(5)6)80-52-72(36-48-84(80)110-94(102)60(15)16)66-31-43-76(44-32-66)106-90(98)56(7)8/h17-52,85-86H,1,3,5,7,9,11,13,15H2,2,4,6,8,10,12,14,16H3. The maximum Gasteiger partial charge on any atom is 0.338 e. The Kier molecular flexibility index (Phi) is 24.5. The van der Waals surface area contributed by atoms with Gasteiger partial charge in [-0.1, -0.05) is 174 Å². The van der Waals surface area contributed by atoms with Gasteiger partial charge in [0, 0.05) is 78.7 Å². The summed E-state index contributed by atoms with van der Waals surface area (Å²) in [5.74, 6) is -5.39. The van der Waals surface area contributed by atoms with E-state index in [9.17, 15) is 38.4 Å². The number of carbonyl (C=O) groups excluding carboxylic acids is 8. The highest BCUT2D eigenvalue weighted by Gasteiger charge is 2.31. The fraction of sp³-hybridized carbons (Fsp3) is 0.106. The van der Waals surface area contributed by atoms with Gasteiger partial charge in [-0.15, -0.1) is 0 Å². The lowest BCUT2D eigenvalue weighted by molar-refractivity contribution is -0.131. The lowest BCUT2D eigenvalue weighted by Gasteiger charge is -2.26. The molecule has 10 aromatic carbocycles. The van der Waals surface area contributed by atoms with E-state index in [1.54, 1.807) is 173 Å². The van der Waals surface area contributed by atoms with Crippen molar-refractivity contribution in [2.24, 2.45) is 0 Å². The minimum absolute atomic E-state index is 0.119. The first-order valence-electron chi connectivity index (χ1n) is 34.6. The fourth-order valence-corrected chi connectivity index (χ4v) is 11.4. The quantitative estimate of drug-likeness (QED) is 0.0203. The molecule has 0 amide bonds. The van der Waals surface area contributed by atoms with Gasteiger partial charge in [0.25, 0.3) is 0 Å². The largest absolute Gasteiger partial charge is 0.423 e. The first-order valence-corrected chi connectivity index (χ1v) is 34.6. The number of benzene rings is 10. The molecule has 0 radical (unpaired) electrons. The average molecular weight is 1460 g/mol. The Morgan fingerprint density at radius 2 is 0.345 bits per heavy atom. The predicted octanol–water partition coefficient (Wildman–Crippen LogP) is 20.2. The molecule has 10 aromatic rings. The molecular formula is C94H78O16. The van der Waals surface area contributed by atoms with Gasteiger partial charge in [-0.25, -0.2) is 38.4 Å². The first-order chi connectivity index (χ1) is 52.4. The van der Waals surface area contributed by atoms with Gasteiger partial charge in [-0.3, -0.25) is 0 Å². The van der Waals surface area contributed by atoms with Crippen LogP contribution in [0.3, 0.4) is 0 Å². The number of rotatable bonds is 27. The van der Waals surface area contributed by atoms with Crippen molar-refractivity contribution < 1.29 is 76.3 Å². The molecule has 0 heterocycles. The van der Waals surface area contributed by atoms with E-state index in [2.05, 4.69) is 52.6 Å². The Labute approximate surface area is 638 Å². The zero-order valence-electron chi connectivity index (χ0n) is 62.1. The summed E-state index contributed by atoms with van der Waals surface area (Å²) in [5.41, 5.74) is 11.2.